The van der Waals surface area contributed by atoms with Gasteiger partial charge in [0.1, 0.15) is 5.75 Å². The van der Waals surface area contributed by atoms with Crippen molar-refractivity contribution in [1.82, 2.24) is 20.0 Å². The molecule has 0 bridgehead atoms. The molecule has 1 aromatic heterocycles. The molecule has 2 aromatic rings. The summed E-state index contributed by atoms with van der Waals surface area (Å²) < 4.78 is 7.23. The molecule has 0 amide bonds. The van der Waals surface area contributed by atoms with E-state index in [0.29, 0.717) is 5.92 Å². The SMILES string of the molecule is CCNC(=NCC(C)Cn1cccn1)N1CCN(c2ccc(OC)cc2)CC1.I. The number of hydrogen-bond acceptors (Lipinski definition) is 4. The average Bonchev–Trinajstić information content (AvgIpc) is 3.24. The van der Waals surface area contributed by atoms with E-state index in [0.717, 1.165) is 57.5 Å². The highest BCUT2D eigenvalue weighted by Gasteiger charge is 2.20. The van der Waals surface area contributed by atoms with Crippen LogP contribution in [-0.2, 0) is 6.54 Å². The van der Waals surface area contributed by atoms with Gasteiger partial charge in [-0.1, -0.05) is 6.92 Å². The van der Waals surface area contributed by atoms with E-state index in [1.807, 2.05) is 35.3 Å². The summed E-state index contributed by atoms with van der Waals surface area (Å²) in [6.07, 6.45) is 3.83. The van der Waals surface area contributed by atoms with Crippen LogP contribution < -0.4 is 15.0 Å². The first-order chi connectivity index (χ1) is 13.7. The number of nitrogens with one attached hydrogen (secondary N) is 1. The molecule has 1 aromatic carbocycles. The van der Waals surface area contributed by atoms with Gasteiger partial charge in [0, 0.05) is 63.9 Å². The van der Waals surface area contributed by atoms with Crippen molar-refractivity contribution in [1.29, 1.82) is 0 Å². The van der Waals surface area contributed by atoms with Gasteiger partial charge in [-0.3, -0.25) is 9.67 Å². The van der Waals surface area contributed by atoms with E-state index in [9.17, 15) is 0 Å². The van der Waals surface area contributed by atoms with Gasteiger partial charge in [-0.15, -0.1) is 24.0 Å². The van der Waals surface area contributed by atoms with Gasteiger partial charge < -0.3 is 19.9 Å². The standard InChI is InChI=1S/C21H32N6O.HI/c1-4-22-21(23-16-18(2)17-27-11-5-10-24-27)26-14-12-25(13-15-26)19-6-8-20(28-3)9-7-19;/h5-11,18H,4,12-17H2,1-3H3,(H,22,23);1H. The van der Waals surface area contributed by atoms with E-state index >= 15 is 0 Å². The molecular formula is C21H33IN6O. The molecule has 2 heterocycles. The van der Waals surface area contributed by atoms with Crippen LogP contribution in [0.3, 0.4) is 0 Å². The quantitative estimate of drug-likeness (QED) is 0.352. The van der Waals surface area contributed by atoms with Crippen LogP contribution in [0.5, 0.6) is 5.75 Å². The summed E-state index contributed by atoms with van der Waals surface area (Å²) in [5.41, 5.74) is 1.25. The Bertz CT molecular complexity index is 726. The third kappa shape index (κ3) is 6.80. The maximum atomic E-state index is 5.25. The number of methoxy groups -OCH3 is 1. The number of halogens is 1. The molecule has 0 saturated carbocycles. The van der Waals surface area contributed by atoms with Crippen LogP contribution >= 0.6 is 24.0 Å². The zero-order valence-corrected chi connectivity index (χ0v) is 20.0. The van der Waals surface area contributed by atoms with E-state index in [1.54, 1.807) is 7.11 Å². The Morgan fingerprint density at radius 2 is 1.93 bits per heavy atom. The number of aliphatic imine (C=N–C) groups is 1. The lowest BCUT2D eigenvalue weighted by atomic mass is 10.2. The Balaban J connectivity index is 0.00000300. The number of ether oxygens (including phenoxy) is 1. The highest BCUT2D eigenvalue weighted by Crippen LogP contribution is 2.20. The predicted octanol–water partition coefficient (Wildman–Crippen LogP) is 2.93. The molecular weight excluding hydrogens is 479 g/mol. The molecule has 160 valence electrons. The number of nitrogens with zero attached hydrogens (tertiary/aromatic N) is 5. The lowest BCUT2D eigenvalue weighted by molar-refractivity contribution is 0.369. The number of hydrogen-bond donors (Lipinski definition) is 1. The summed E-state index contributed by atoms with van der Waals surface area (Å²) in [7, 11) is 1.70. The third-order valence-corrected chi connectivity index (χ3v) is 4.96. The first kappa shape index (κ1) is 23.3. The maximum absolute atomic E-state index is 5.25. The smallest absolute Gasteiger partial charge is 0.194 e. The summed E-state index contributed by atoms with van der Waals surface area (Å²) in [4.78, 5) is 9.68. The Labute approximate surface area is 191 Å². The second-order valence-corrected chi connectivity index (χ2v) is 7.20. The monoisotopic (exact) mass is 512 g/mol. The van der Waals surface area contributed by atoms with Crippen molar-refractivity contribution >= 4 is 35.6 Å². The molecule has 3 rings (SSSR count). The fourth-order valence-corrected chi connectivity index (χ4v) is 3.42. The summed E-state index contributed by atoms with van der Waals surface area (Å²) in [6.45, 7) is 10.8. The van der Waals surface area contributed by atoms with Gasteiger partial charge >= 0.3 is 0 Å². The second-order valence-electron chi connectivity index (χ2n) is 7.20. The lowest BCUT2D eigenvalue weighted by Crippen LogP contribution is -2.52. The fourth-order valence-electron chi connectivity index (χ4n) is 3.42. The minimum atomic E-state index is 0. The number of anilines is 1. The first-order valence-corrected chi connectivity index (χ1v) is 10.1. The fraction of sp³-hybridized carbons (Fsp3) is 0.524. The van der Waals surface area contributed by atoms with Crippen molar-refractivity contribution in [2.45, 2.75) is 20.4 Å². The summed E-state index contributed by atoms with van der Waals surface area (Å²) in [6, 6.07) is 10.3. The van der Waals surface area contributed by atoms with Crippen molar-refractivity contribution in [2.24, 2.45) is 10.9 Å². The van der Waals surface area contributed by atoms with Crippen LogP contribution in [-0.4, -0.2) is 67.0 Å². The van der Waals surface area contributed by atoms with E-state index in [2.05, 4.69) is 46.2 Å². The van der Waals surface area contributed by atoms with Crippen LogP contribution in [0.2, 0.25) is 0 Å². The maximum Gasteiger partial charge on any atom is 0.194 e. The molecule has 0 spiro atoms. The van der Waals surface area contributed by atoms with Crippen molar-refractivity contribution in [2.75, 3.05) is 51.3 Å². The molecule has 8 heteroatoms. The normalized spacial score (nSPS) is 15.6. The minimum absolute atomic E-state index is 0. The molecule has 0 radical (unpaired) electrons. The molecule has 1 aliphatic rings. The molecule has 7 nitrogen and oxygen atoms in total. The second kappa shape index (κ2) is 11.9. The van der Waals surface area contributed by atoms with E-state index in [4.69, 9.17) is 9.73 Å². The molecule has 1 unspecified atom stereocenters. The van der Waals surface area contributed by atoms with Crippen molar-refractivity contribution < 1.29 is 4.74 Å². The minimum Gasteiger partial charge on any atom is -0.497 e. The van der Waals surface area contributed by atoms with E-state index in [1.165, 1.54) is 5.69 Å². The molecule has 1 atom stereocenters. The highest BCUT2D eigenvalue weighted by atomic mass is 127. The van der Waals surface area contributed by atoms with Gasteiger partial charge in [-0.25, -0.2) is 0 Å². The van der Waals surface area contributed by atoms with Gasteiger partial charge in [0.05, 0.1) is 7.11 Å². The Morgan fingerprint density at radius 1 is 1.21 bits per heavy atom. The topological polar surface area (TPSA) is 57.9 Å². The third-order valence-electron chi connectivity index (χ3n) is 4.96. The molecule has 1 aliphatic heterocycles. The predicted molar refractivity (Wildman–Crippen MR) is 130 cm³/mol. The summed E-state index contributed by atoms with van der Waals surface area (Å²) in [5.74, 6) is 2.35. The highest BCUT2D eigenvalue weighted by molar-refractivity contribution is 14.0. The Kier molecular flexibility index (Phi) is 9.56. The molecule has 0 aliphatic carbocycles. The number of rotatable bonds is 7. The van der Waals surface area contributed by atoms with Crippen molar-refractivity contribution in [3.63, 3.8) is 0 Å². The Hall–Kier alpha value is -1.97. The van der Waals surface area contributed by atoms with Crippen LogP contribution in [0.1, 0.15) is 13.8 Å². The molecule has 29 heavy (non-hydrogen) atoms. The number of aromatic nitrogens is 2. The van der Waals surface area contributed by atoms with Gasteiger partial charge in [0.2, 0.25) is 0 Å². The zero-order valence-electron chi connectivity index (χ0n) is 17.6. The van der Waals surface area contributed by atoms with Crippen LogP contribution in [0, 0.1) is 5.92 Å². The number of guanidine groups is 1. The number of piperazine rings is 1. The molecule has 1 N–H and O–H groups in total. The van der Waals surface area contributed by atoms with Crippen molar-refractivity contribution in [3.8, 4) is 5.75 Å². The van der Waals surface area contributed by atoms with Crippen molar-refractivity contribution in [3.05, 3.63) is 42.7 Å². The van der Waals surface area contributed by atoms with Crippen LogP contribution in [0.25, 0.3) is 0 Å². The number of benzene rings is 1. The van der Waals surface area contributed by atoms with Gasteiger partial charge in [0.15, 0.2) is 5.96 Å². The van der Waals surface area contributed by atoms with Gasteiger partial charge in [-0.05, 0) is 43.2 Å². The van der Waals surface area contributed by atoms with E-state index in [-0.39, 0.29) is 24.0 Å². The zero-order chi connectivity index (χ0) is 19.8. The van der Waals surface area contributed by atoms with Gasteiger partial charge in [0.25, 0.3) is 0 Å². The van der Waals surface area contributed by atoms with E-state index < -0.39 is 0 Å². The summed E-state index contributed by atoms with van der Waals surface area (Å²) >= 11 is 0. The molecule has 1 fully saturated rings. The lowest BCUT2D eigenvalue weighted by Gasteiger charge is -2.37. The summed E-state index contributed by atoms with van der Waals surface area (Å²) in [5, 5.41) is 7.74. The first-order valence-electron chi connectivity index (χ1n) is 10.1. The van der Waals surface area contributed by atoms with Crippen LogP contribution in [0.15, 0.2) is 47.7 Å². The molecule has 1 saturated heterocycles. The largest absolute Gasteiger partial charge is 0.497 e. The Morgan fingerprint density at radius 3 is 2.52 bits per heavy atom. The average molecular weight is 512 g/mol. The van der Waals surface area contributed by atoms with Gasteiger partial charge in [-0.2, -0.15) is 5.10 Å². The van der Waals surface area contributed by atoms with Crippen LogP contribution in [0.4, 0.5) is 5.69 Å².